The summed E-state index contributed by atoms with van der Waals surface area (Å²) in [5.41, 5.74) is 9.70. The highest BCUT2D eigenvalue weighted by Crippen LogP contribution is 1.95. The van der Waals surface area contributed by atoms with Crippen LogP contribution >= 0.6 is 0 Å². The van der Waals surface area contributed by atoms with Crippen LogP contribution in [0, 0.1) is 0 Å². The molecule has 0 aromatic heterocycles. The molecule has 0 heterocycles. The van der Waals surface area contributed by atoms with Gasteiger partial charge in [-0.15, -0.1) is 0 Å². The standard InChI is InChI=1S/C5H10N2O4/c1-2(11-5(7)10)3(6)4(8)9/h2-3H,6H2,1H3,(H2,7,10)(H,8,9)/t2-,3+/m1/s1. The molecule has 0 aromatic rings. The van der Waals surface area contributed by atoms with Crippen LogP contribution in [0.1, 0.15) is 6.92 Å². The van der Waals surface area contributed by atoms with Crippen LogP contribution in [0.15, 0.2) is 0 Å². The lowest BCUT2D eigenvalue weighted by molar-refractivity contribution is -0.140. The van der Waals surface area contributed by atoms with Gasteiger partial charge in [0.05, 0.1) is 0 Å². The number of carboxylic acids is 1. The summed E-state index contributed by atoms with van der Waals surface area (Å²) in [5.74, 6) is -1.24. The van der Waals surface area contributed by atoms with Gasteiger partial charge in [0.25, 0.3) is 0 Å². The number of carboxylic acid groups (broad SMARTS) is 1. The molecule has 11 heavy (non-hydrogen) atoms. The Kier molecular flexibility index (Phi) is 3.32. The number of primary amides is 1. The van der Waals surface area contributed by atoms with E-state index < -0.39 is 24.2 Å². The van der Waals surface area contributed by atoms with Gasteiger partial charge in [-0.3, -0.25) is 4.79 Å². The third-order valence-electron chi connectivity index (χ3n) is 1.09. The zero-order valence-electron chi connectivity index (χ0n) is 5.98. The molecule has 6 nitrogen and oxygen atoms in total. The van der Waals surface area contributed by atoms with Crippen molar-refractivity contribution in [2.75, 3.05) is 0 Å². The first-order valence-corrected chi connectivity index (χ1v) is 2.89. The highest BCUT2D eigenvalue weighted by molar-refractivity contribution is 5.74. The van der Waals surface area contributed by atoms with E-state index in [4.69, 9.17) is 10.8 Å². The third kappa shape index (κ3) is 3.41. The van der Waals surface area contributed by atoms with Gasteiger partial charge in [-0.1, -0.05) is 0 Å². The second-order valence-electron chi connectivity index (χ2n) is 2.01. The summed E-state index contributed by atoms with van der Waals surface area (Å²) in [6.07, 6.45) is -1.95. The molecule has 5 N–H and O–H groups in total. The molecular formula is C5H10N2O4. The van der Waals surface area contributed by atoms with Crippen molar-refractivity contribution in [2.24, 2.45) is 11.5 Å². The van der Waals surface area contributed by atoms with Crippen LogP contribution in [-0.4, -0.2) is 29.3 Å². The maximum atomic E-state index is 10.2. The van der Waals surface area contributed by atoms with Crippen molar-refractivity contribution < 1.29 is 19.4 Å². The van der Waals surface area contributed by atoms with Crippen molar-refractivity contribution in [1.82, 2.24) is 0 Å². The van der Waals surface area contributed by atoms with Crippen LogP contribution in [-0.2, 0) is 9.53 Å². The van der Waals surface area contributed by atoms with Crippen LogP contribution in [0.3, 0.4) is 0 Å². The van der Waals surface area contributed by atoms with Crippen molar-refractivity contribution in [3.63, 3.8) is 0 Å². The number of hydrogen-bond acceptors (Lipinski definition) is 4. The van der Waals surface area contributed by atoms with Crippen LogP contribution < -0.4 is 11.5 Å². The minimum Gasteiger partial charge on any atom is -0.480 e. The number of carbonyl (C=O) groups excluding carboxylic acids is 1. The average Bonchev–Trinajstić information content (AvgIpc) is 1.84. The van der Waals surface area contributed by atoms with Gasteiger partial charge in [-0.2, -0.15) is 0 Å². The van der Waals surface area contributed by atoms with E-state index in [1.54, 1.807) is 0 Å². The lowest BCUT2D eigenvalue weighted by Crippen LogP contribution is -2.43. The van der Waals surface area contributed by atoms with E-state index >= 15 is 0 Å². The number of rotatable bonds is 3. The Balaban J connectivity index is 3.92. The Morgan fingerprint density at radius 2 is 2.00 bits per heavy atom. The Labute approximate surface area is 63.1 Å². The van der Waals surface area contributed by atoms with Crippen LogP contribution in [0.2, 0.25) is 0 Å². The van der Waals surface area contributed by atoms with E-state index in [9.17, 15) is 9.59 Å². The van der Waals surface area contributed by atoms with Crippen molar-refractivity contribution in [3.05, 3.63) is 0 Å². The predicted octanol–water partition coefficient (Wildman–Crippen LogP) is -1.12. The Morgan fingerprint density at radius 3 is 2.27 bits per heavy atom. The molecule has 0 aliphatic heterocycles. The first-order valence-electron chi connectivity index (χ1n) is 2.89. The first kappa shape index (κ1) is 9.70. The minimum atomic E-state index is -1.24. The van der Waals surface area contributed by atoms with Gasteiger partial charge in [0.15, 0.2) is 0 Å². The lowest BCUT2D eigenvalue weighted by atomic mass is 10.2. The molecule has 0 radical (unpaired) electrons. The molecule has 6 heteroatoms. The molecule has 0 spiro atoms. The van der Waals surface area contributed by atoms with Crippen LogP contribution in [0.5, 0.6) is 0 Å². The molecule has 64 valence electrons. The average molecular weight is 162 g/mol. The summed E-state index contributed by atoms with van der Waals surface area (Å²) in [5, 5.41) is 8.31. The molecule has 0 saturated carbocycles. The van der Waals surface area contributed by atoms with Gasteiger partial charge in [-0.05, 0) is 6.92 Å². The van der Waals surface area contributed by atoms with E-state index in [1.165, 1.54) is 6.92 Å². The maximum Gasteiger partial charge on any atom is 0.404 e. The molecule has 1 amide bonds. The van der Waals surface area contributed by atoms with E-state index in [0.717, 1.165) is 0 Å². The number of carbonyl (C=O) groups is 2. The molecule has 0 bridgehead atoms. The SMILES string of the molecule is C[C@@H](OC(N)=O)[C@H](N)C(=O)O. The van der Waals surface area contributed by atoms with Crippen molar-refractivity contribution in [2.45, 2.75) is 19.1 Å². The highest BCUT2D eigenvalue weighted by atomic mass is 16.6. The van der Waals surface area contributed by atoms with Gasteiger partial charge >= 0.3 is 12.1 Å². The monoisotopic (exact) mass is 162 g/mol. The summed E-state index contributed by atoms with van der Waals surface area (Å²) in [4.78, 5) is 20.3. The van der Waals surface area contributed by atoms with Gasteiger partial charge in [-0.25, -0.2) is 4.79 Å². The number of aliphatic carboxylic acids is 1. The van der Waals surface area contributed by atoms with Crippen molar-refractivity contribution >= 4 is 12.1 Å². The summed E-state index contributed by atoms with van der Waals surface area (Å²) in [7, 11) is 0. The molecule has 0 unspecified atom stereocenters. The van der Waals surface area contributed by atoms with E-state index in [0.29, 0.717) is 0 Å². The summed E-state index contributed by atoms with van der Waals surface area (Å²) >= 11 is 0. The van der Waals surface area contributed by atoms with Gasteiger partial charge in [0.2, 0.25) is 0 Å². The zero-order valence-corrected chi connectivity index (χ0v) is 5.98. The number of hydrogen-bond donors (Lipinski definition) is 3. The number of ether oxygens (including phenoxy) is 1. The van der Waals surface area contributed by atoms with Crippen molar-refractivity contribution in [1.29, 1.82) is 0 Å². The molecule has 0 aliphatic rings. The number of amides is 1. The normalized spacial score (nSPS) is 15.1. The topological polar surface area (TPSA) is 116 Å². The second kappa shape index (κ2) is 3.77. The quantitative estimate of drug-likeness (QED) is 0.486. The van der Waals surface area contributed by atoms with E-state index in [2.05, 4.69) is 10.5 Å². The Hall–Kier alpha value is -1.30. The second-order valence-corrected chi connectivity index (χ2v) is 2.01. The smallest absolute Gasteiger partial charge is 0.404 e. The minimum absolute atomic E-state index is 0.912. The Bertz CT molecular complexity index is 170. The molecule has 0 saturated heterocycles. The maximum absolute atomic E-state index is 10.2. The van der Waals surface area contributed by atoms with Crippen LogP contribution in [0.25, 0.3) is 0 Å². The van der Waals surface area contributed by atoms with Gasteiger partial charge < -0.3 is 21.3 Å². The fraction of sp³-hybridized carbons (Fsp3) is 0.600. The van der Waals surface area contributed by atoms with Gasteiger partial charge in [0, 0.05) is 0 Å². The Morgan fingerprint density at radius 1 is 1.55 bits per heavy atom. The molecule has 2 atom stereocenters. The van der Waals surface area contributed by atoms with Crippen molar-refractivity contribution in [3.8, 4) is 0 Å². The summed E-state index contributed by atoms with van der Waals surface area (Å²) in [6.45, 7) is 1.35. The fourth-order valence-corrected chi connectivity index (χ4v) is 0.457. The molecule has 0 aliphatic carbocycles. The summed E-state index contributed by atoms with van der Waals surface area (Å²) < 4.78 is 4.31. The van der Waals surface area contributed by atoms with Gasteiger partial charge in [0.1, 0.15) is 12.1 Å². The lowest BCUT2D eigenvalue weighted by Gasteiger charge is -2.14. The largest absolute Gasteiger partial charge is 0.480 e. The fourth-order valence-electron chi connectivity index (χ4n) is 0.457. The zero-order chi connectivity index (χ0) is 9.02. The third-order valence-corrected chi connectivity index (χ3v) is 1.09. The molecular weight excluding hydrogens is 152 g/mol. The number of nitrogens with two attached hydrogens (primary N) is 2. The summed E-state index contributed by atoms with van der Waals surface area (Å²) in [6, 6.07) is -1.23. The predicted molar refractivity (Wildman–Crippen MR) is 35.7 cm³/mol. The van der Waals surface area contributed by atoms with E-state index in [-0.39, 0.29) is 0 Å². The molecule has 0 fully saturated rings. The van der Waals surface area contributed by atoms with E-state index in [1.807, 2.05) is 0 Å². The highest BCUT2D eigenvalue weighted by Gasteiger charge is 2.22. The molecule has 0 rings (SSSR count). The molecule has 0 aromatic carbocycles. The first-order chi connectivity index (χ1) is 4.95. The van der Waals surface area contributed by atoms with Crippen LogP contribution in [0.4, 0.5) is 4.79 Å².